The lowest BCUT2D eigenvalue weighted by atomic mass is 9.96. The van der Waals surface area contributed by atoms with E-state index in [1.165, 1.54) is 10.9 Å². The first-order chi connectivity index (χ1) is 9.90. The fourth-order valence-electron chi connectivity index (χ4n) is 2.79. The summed E-state index contributed by atoms with van der Waals surface area (Å²) in [4.78, 5) is 11.8. The molecule has 21 heavy (non-hydrogen) atoms. The molecule has 0 aliphatic heterocycles. The van der Waals surface area contributed by atoms with Crippen molar-refractivity contribution in [3.63, 3.8) is 0 Å². The number of rotatable bonds is 4. The number of hydrogen-bond donors (Lipinski definition) is 4. The number of imidazole rings is 1. The number of aliphatic hydroxyl groups is 3. The minimum absolute atomic E-state index is 0.0694. The molecule has 2 heterocycles. The largest absolute Gasteiger partial charge is 0.396 e. The van der Waals surface area contributed by atoms with Crippen LogP contribution in [-0.2, 0) is 0 Å². The fraction of sp³-hybridized carbons (Fsp3) is 0.583. The lowest BCUT2D eigenvalue weighted by Gasteiger charge is -2.26. The van der Waals surface area contributed by atoms with Gasteiger partial charge in [0.15, 0.2) is 17.7 Å². The predicted molar refractivity (Wildman–Crippen MR) is 75.3 cm³/mol. The molecule has 5 N–H and O–H groups in total. The second-order valence-electron chi connectivity index (χ2n) is 5.56. The lowest BCUT2D eigenvalue weighted by Crippen LogP contribution is -2.36. The summed E-state index contributed by atoms with van der Waals surface area (Å²) in [5, 5.41) is 30.2. The third-order valence-corrected chi connectivity index (χ3v) is 4.55. The zero-order valence-corrected chi connectivity index (χ0v) is 12.1. The molecule has 0 aromatic carbocycles. The quantitative estimate of drug-likeness (QED) is 0.581. The highest BCUT2D eigenvalue weighted by atomic mass is 35.5. The van der Waals surface area contributed by atoms with Gasteiger partial charge in [0.1, 0.15) is 11.6 Å². The number of nitrogens with zero attached hydrogens (tertiary/aromatic N) is 4. The molecular formula is C12H16ClN5O3. The summed E-state index contributed by atoms with van der Waals surface area (Å²) in [6.45, 7) is 1.71. The van der Waals surface area contributed by atoms with Gasteiger partial charge in [0.25, 0.3) is 0 Å². The van der Waals surface area contributed by atoms with Gasteiger partial charge in [0.05, 0.1) is 12.9 Å². The van der Waals surface area contributed by atoms with E-state index in [1.807, 2.05) is 6.92 Å². The van der Waals surface area contributed by atoms with E-state index in [-0.39, 0.29) is 29.3 Å². The zero-order valence-electron chi connectivity index (χ0n) is 11.3. The molecule has 0 radical (unpaired) electrons. The van der Waals surface area contributed by atoms with Crippen LogP contribution in [0.4, 0.5) is 5.82 Å². The number of hydrogen-bond acceptors (Lipinski definition) is 7. The summed E-state index contributed by atoms with van der Waals surface area (Å²) in [6.07, 6.45) is -0.494. The summed E-state index contributed by atoms with van der Waals surface area (Å²) in [6, 6.07) is 0. The highest BCUT2D eigenvalue weighted by Crippen LogP contribution is 2.56. The molecule has 2 aromatic heterocycles. The first-order valence-electron chi connectivity index (χ1n) is 6.53. The van der Waals surface area contributed by atoms with E-state index >= 15 is 0 Å². The van der Waals surface area contributed by atoms with Gasteiger partial charge in [0, 0.05) is 5.41 Å². The smallest absolute Gasteiger partial charge is 0.226 e. The lowest BCUT2D eigenvalue weighted by molar-refractivity contribution is -0.0822. The maximum absolute atomic E-state index is 10.4. The molecule has 0 saturated heterocycles. The van der Waals surface area contributed by atoms with Crippen molar-refractivity contribution >= 4 is 28.6 Å². The first-order valence-corrected chi connectivity index (χ1v) is 6.91. The Morgan fingerprint density at radius 1 is 1.52 bits per heavy atom. The Morgan fingerprint density at radius 3 is 2.76 bits per heavy atom. The summed E-state index contributed by atoms with van der Waals surface area (Å²) < 4.78 is 1.28. The number of aromatic nitrogens is 4. The van der Waals surface area contributed by atoms with Crippen LogP contribution in [0, 0.1) is 11.3 Å². The molecule has 0 amide bonds. The zero-order chi connectivity index (χ0) is 15.4. The van der Waals surface area contributed by atoms with Crippen molar-refractivity contribution in [1.29, 1.82) is 0 Å². The second-order valence-corrected chi connectivity index (χ2v) is 5.89. The topological polar surface area (TPSA) is 130 Å². The Bertz CT molecular complexity index is 689. The van der Waals surface area contributed by atoms with Crippen molar-refractivity contribution in [2.24, 2.45) is 11.3 Å². The summed E-state index contributed by atoms with van der Waals surface area (Å²) in [5.74, 6) is 0.229. The van der Waals surface area contributed by atoms with Gasteiger partial charge in [-0.25, -0.2) is 4.98 Å². The second kappa shape index (κ2) is 4.77. The summed E-state index contributed by atoms with van der Waals surface area (Å²) in [7, 11) is 0. The van der Waals surface area contributed by atoms with Crippen LogP contribution in [0.15, 0.2) is 6.33 Å². The molecule has 9 heteroatoms. The summed E-state index contributed by atoms with van der Waals surface area (Å²) in [5.41, 5.74) is 5.54. The molecule has 4 atom stereocenters. The van der Waals surface area contributed by atoms with E-state index < -0.39 is 17.7 Å². The van der Waals surface area contributed by atoms with Gasteiger partial charge in [-0.1, -0.05) is 6.92 Å². The van der Waals surface area contributed by atoms with Crippen LogP contribution in [-0.4, -0.2) is 47.5 Å². The van der Waals surface area contributed by atoms with Crippen LogP contribution in [0.5, 0.6) is 0 Å². The van der Waals surface area contributed by atoms with E-state index in [2.05, 4.69) is 15.0 Å². The number of aliphatic hydroxyl groups excluding tert-OH is 3. The van der Waals surface area contributed by atoms with Gasteiger partial charge >= 0.3 is 0 Å². The maximum atomic E-state index is 10.4. The number of nitrogens with two attached hydrogens (primary N) is 1. The third-order valence-electron chi connectivity index (χ3n) is 4.38. The Balaban J connectivity index is 2.01. The molecular weight excluding hydrogens is 298 g/mol. The number of nitrogen functional groups attached to an aromatic ring is 1. The molecule has 114 valence electrons. The predicted octanol–water partition coefficient (Wildman–Crippen LogP) is -0.0678. The van der Waals surface area contributed by atoms with E-state index in [4.69, 9.17) is 17.3 Å². The highest BCUT2D eigenvalue weighted by molar-refractivity contribution is 6.28. The van der Waals surface area contributed by atoms with Gasteiger partial charge in [-0.15, -0.1) is 0 Å². The van der Waals surface area contributed by atoms with Gasteiger partial charge in [-0.2, -0.15) is 9.97 Å². The van der Waals surface area contributed by atoms with E-state index in [9.17, 15) is 15.3 Å². The fourth-order valence-corrected chi connectivity index (χ4v) is 2.96. The van der Waals surface area contributed by atoms with Gasteiger partial charge in [0.2, 0.25) is 5.28 Å². The molecule has 0 bridgehead atoms. The SMILES string of the molecule is C[C@H]1C[C@@]1(CO)[C@H](O)[C@H](O)n1cnc2c(N)nc(Cl)nc21. The average Bonchev–Trinajstić information content (AvgIpc) is 2.92. The molecule has 3 rings (SSSR count). The molecule has 1 aliphatic rings. The van der Waals surface area contributed by atoms with Crippen molar-refractivity contribution < 1.29 is 15.3 Å². The molecule has 0 unspecified atom stereocenters. The van der Waals surface area contributed by atoms with Crippen LogP contribution >= 0.6 is 11.6 Å². The van der Waals surface area contributed by atoms with Crippen LogP contribution in [0.2, 0.25) is 5.28 Å². The Labute approximate surface area is 125 Å². The Morgan fingerprint density at radius 2 is 2.19 bits per heavy atom. The monoisotopic (exact) mass is 313 g/mol. The molecule has 0 spiro atoms. The molecule has 1 fully saturated rings. The normalized spacial score (nSPS) is 27.8. The number of anilines is 1. The number of fused-ring (bicyclic) bond motifs is 1. The van der Waals surface area contributed by atoms with Crippen molar-refractivity contribution in [2.45, 2.75) is 25.7 Å². The van der Waals surface area contributed by atoms with Gasteiger partial charge in [-0.3, -0.25) is 4.57 Å². The van der Waals surface area contributed by atoms with Crippen molar-refractivity contribution in [2.75, 3.05) is 12.3 Å². The molecule has 1 saturated carbocycles. The third kappa shape index (κ3) is 2.06. The highest BCUT2D eigenvalue weighted by Gasteiger charge is 2.58. The van der Waals surface area contributed by atoms with Crippen molar-refractivity contribution in [1.82, 2.24) is 19.5 Å². The van der Waals surface area contributed by atoms with E-state index in [0.717, 1.165) is 0 Å². The minimum atomic E-state index is -1.31. The molecule has 1 aliphatic carbocycles. The Hall–Kier alpha value is -1.48. The van der Waals surface area contributed by atoms with Gasteiger partial charge < -0.3 is 21.1 Å². The van der Waals surface area contributed by atoms with Gasteiger partial charge in [-0.05, 0) is 23.9 Å². The maximum Gasteiger partial charge on any atom is 0.226 e. The van der Waals surface area contributed by atoms with Crippen LogP contribution in [0.3, 0.4) is 0 Å². The summed E-state index contributed by atoms with van der Waals surface area (Å²) >= 11 is 5.76. The van der Waals surface area contributed by atoms with E-state index in [1.54, 1.807) is 0 Å². The minimum Gasteiger partial charge on any atom is -0.396 e. The molecule has 8 nitrogen and oxygen atoms in total. The number of halogens is 1. The van der Waals surface area contributed by atoms with Crippen LogP contribution < -0.4 is 5.73 Å². The van der Waals surface area contributed by atoms with Crippen molar-refractivity contribution in [3.8, 4) is 0 Å². The first kappa shape index (κ1) is 14.5. The molecule has 2 aromatic rings. The standard InChI is InChI=1S/C12H16ClN5O3/c1-5-2-12(5,3-19)7(20)10(21)18-4-15-6-8(14)16-11(13)17-9(6)18/h4-5,7,10,19-21H,2-3H2,1H3,(H2,14,16,17)/t5-,7+,10-,12-/m0/s1. The Kier molecular flexibility index (Phi) is 3.28. The average molecular weight is 314 g/mol. The van der Waals surface area contributed by atoms with Crippen LogP contribution in [0.25, 0.3) is 11.2 Å². The van der Waals surface area contributed by atoms with Crippen molar-refractivity contribution in [3.05, 3.63) is 11.6 Å². The van der Waals surface area contributed by atoms with Crippen LogP contribution in [0.1, 0.15) is 19.6 Å². The van der Waals surface area contributed by atoms with E-state index in [0.29, 0.717) is 11.9 Å².